The monoisotopic (exact) mass is 498 g/mol. The smallest absolute Gasteiger partial charge is 0.329 e. The van der Waals surface area contributed by atoms with E-state index in [1.54, 1.807) is 42.5 Å². The van der Waals surface area contributed by atoms with E-state index in [1.807, 2.05) is 25.1 Å². The first-order valence-electron chi connectivity index (χ1n) is 10.00. The molecule has 3 rings (SSSR count). The number of carbonyl (C=O) groups is 3. The molecule has 0 spiro atoms. The summed E-state index contributed by atoms with van der Waals surface area (Å²) in [6.07, 6.45) is 1.30. The summed E-state index contributed by atoms with van der Waals surface area (Å²) in [5, 5.41) is 9.25. The maximum atomic E-state index is 12.2. The molecule has 3 aromatic carbocycles. The molecule has 10 heteroatoms. The Hall–Kier alpha value is -3.88. The molecule has 34 heavy (non-hydrogen) atoms. The zero-order valence-electron chi connectivity index (χ0n) is 18.0. The minimum Gasteiger partial charge on any atom is -0.483 e. The van der Waals surface area contributed by atoms with Crippen LogP contribution < -0.4 is 20.8 Å². The third-order valence-corrected chi connectivity index (χ3v) is 5.17. The van der Waals surface area contributed by atoms with Crippen molar-refractivity contribution in [3.63, 3.8) is 0 Å². The molecule has 3 aromatic rings. The third-order valence-electron chi connectivity index (χ3n) is 4.36. The summed E-state index contributed by atoms with van der Waals surface area (Å²) in [7, 11) is 0. The van der Waals surface area contributed by atoms with Crippen LogP contribution in [0, 0.1) is 6.92 Å². The molecule has 0 atom stereocenters. The van der Waals surface area contributed by atoms with Gasteiger partial charge < -0.3 is 15.4 Å². The van der Waals surface area contributed by atoms with Gasteiger partial charge in [-0.3, -0.25) is 14.4 Å². The maximum Gasteiger partial charge on any atom is 0.329 e. The Morgan fingerprint density at radius 1 is 0.941 bits per heavy atom. The first kappa shape index (κ1) is 24.8. The van der Waals surface area contributed by atoms with Gasteiger partial charge in [0, 0.05) is 11.3 Å². The lowest BCUT2D eigenvalue weighted by atomic mass is 10.2. The van der Waals surface area contributed by atoms with Crippen molar-refractivity contribution in [2.75, 3.05) is 17.2 Å². The van der Waals surface area contributed by atoms with Crippen LogP contribution in [-0.2, 0) is 14.4 Å². The predicted octanol–water partition coefficient (Wildman–Crippen LogP) is 4.41. The number of hydrogen-bond acceptors (Lipinski definition) is 5. The topological polar surface area (TPSA) is 109 Å². The van der Waals surface area contributed by atoms with Gasteiger partial charge in [0.05, 0.1) is 21.9 Å². The molecule has 3 N–H and O–H groups in total. The average molecular weight is 499 g/mol. The minimum atomic E-state index is -1.01. The Morgan fingerprint density at radius 2 is 1.71 bits per heavy atom. The van der Waals surface area contributed by atoms with E-state index in [-0.39, 0.29) is 28.2 Å². The number of carbonyl (C=O) groups excluding carboxylic acids is 3. The molecule has 0 aliphatic carbocycles. The zero-order chi connectivity index (χ0) is 24.5. The molecule has 8 nitrogen and oxygen atoms in total. The SMILES string of the molecule is Cc1cccc(NC(=O)COc2ccccc2/C=N\NC(=O)C(=O)Nc2cccc(Cl)c2Cl)c1. The van der Waals surface area contributed by atoms with E-state index in [9.17, 15) is 14.4 Å². The zero-order valence-corrected chi connectivity index (χ0v) is 19.5. The summed E-state index contributed by atoms with van der Waals surface area (Å²) in [6, 6.07) is 18.8. The van der Waals surface area contributed by atoms with E-state index in [2.05, 4.69) is 21.2 Å². The fourth-order valence-electron chi connectivity index (χ4n) is 2.77. The highest BCUT2D eigenvalue weighted by atomic mass is 35.5. The standard InChI is InChI=1S/C24H20Cl2N4O4/c1-15-6-4-8-17(12-15)28-21(31)14-34-20-11-3-2-7-16(20)13-27-30-24(33)23(32)29-19-10-5-9-18(25)22(19)26/h2-13H,14H2,1H3,(H,28,31)(H,29,32)(H,30,33)/b27-13-. The lowest BCUT2D eigenvalue weighted by molar-refractivity contribution is -0.136. The molecular weight excluding hydrogens is 479 g/mol. The van der Waals surface area contributed by atoms with E-state index in [4.69, 9.17) is 27.9 Å². The Labute approximate surface area is 205 Å². The van der Waals surface area contributed by atoms with E-state index in [0.29, 0.717) is 17.0 Å². The highest BCUT2D eigenvalue weighted by molar-refractivity contribution is 6.45. The number of hydrogen-bond donors (Lipinski definition) is 3. The van der Waals surface area contributed by atoms with Crippen LogP contribution in [0.1, 0.15) is 11.1 Å². The quantitative estimate of drug-likeness (QED) is 0.254. The van der Waals surface area contributed by atoms with Crippen molar-refractivity contribution in [2.45, 2.75) is 6.92 Å². The van der Waals surface area contributed by atoms with Crippen molar-refractivity contribution in [3.05, 3.63) is 87.9 Å². The lowest BCUT2D eigenvalue weighted by Crippen LogP contribution is -2.32. The second kappa shape index (κ2) is 11.8. The molecule has 0 aliphatic heterocycles. The van der Waals surface area contributed by atoms with Crippen molar-refractivity contribution in [1.29, 1.82) is 0 Å². The molecule has 0 unspecified atom stereocenters. The Kier molecular flexibility index (Phi) is 8.61. The fourth-order valence-corrected chi connectivity index (χ4v) is 3.12. The number of anilines is 2. The van der Waals surface area contributed by atoms with Crippen LogP contribution in [0.3, 0.4) is 0 Å². The van der Waals surface area contributed by atoms with Crippen molar-refractivity contribution in [3.8, 4) is 5.75 Å². The Morgan fingerprint density at radius 3 is 2.50 bits per heavy atom. The summed E-state index contributed by atoms with van der Waals surface area (Å²) in [4.78, 5) is 36.3. The molecule has 0 saturated heterocycles. The van der Waals surface area contributed by atoms with Gasteiger partial charge in [0.2, 0.25) is 0 Å². The van der Waals surface area contributed by atoms with Crippen LogP contribution in [0.4, 0.5) is 11.4 Å². The molecule has 174 valence electrons. The van der Waals surface area contributed by atoms with Crippen molar-refractivity contribution in [1.82, 2.24) is 5.43 Å². The second-order valence-corrected chi connectivity index (χ2v) is 7.78. The first-order chi connectivity index (χ1) is 16.3. The third kappa shape index (κ3) is 7.06. The van der Waals surface area contributed by atoms with Gasteiger partial charge in [0.15, 0.2) is 6.61 Å². The van der Waals surface area contributed by atoms with Crippen LogP contribution in [0.5, 0.6) is 5.75 Å². The largest absolute Gasteiger partial charge is 0.483 e. The van der Waals surface area contributed by atoms with Gasteiger partial charge in [-0.05, 0) is 48.9 Å². The van der Waals surface area contributed by atoms with Crippen LogP contribution in [-0.4, -0.2) is 30.5 Å². The number of amides is 3. The number of ether oxygens (including phenoxy) is 1. The highest BCUT2D eigenvalue weighted by Gasteiger charge is 2.15. The lowest BCUT2D eigenvalue weighted by Gasteiger charge is -2.10. The molecule has 0 aromatic heterocycles. The normalized spacial score (nSPS) is 10.6. The number of hydrazone groups is 1. The van der Waals surface area contributed by atoms with Gasteiger partial charge >= 0.3 is 11.8 Å². The van der Waals surface area contributed by atoms with Crippen LogP contribution in [0.2, 0.25) is 10.0 Å². The molecule has 0 heterocycles. The van der Waals surface area contributed by atoms with Crippen LogP contribution in [0.15, 0.2) is 71.8 Å². The van der Waals surface area contributed by atoms with Gasteiger partial charge in [-0.15, -0.1) is 0 Å². The predicted molar refractivity (Wildman–Crippen MR) is 133 cm³/mol. The molecule has 3 amide bonds. The van der Waals surface area contributed by atoms with Gasteiger partial charge in [0.25, 0.3) is 5.91 Å². The fraction of sp³-hybridized carbons (Fsp3) is 0.0833. The number of nitrogens with one attached hydrogen (secondary N) is 3. The summed E-state index contributed by atoms with van der Waals surface area (Å²) in [5.74, 6) is -1.95. The minimum absolute atomic E-state index is 0.117. The Bertz CT molecular complexity index is 1250. The van der Waals surface area contributed by atoms with E-state index < -0.39 is 11.8 Å². The van der Waals surface area contributed by atoms with Crippen LogP contribution in [0.25, 0.3) is 0 Å². The van der Waals surface area contributed by atoms with E-state index in [1.165, 1.54) is 12.3 Å². The summed E-state index contributed by atoms with van der Waals surface area (Å²) >= 11 is 11.9. The molecule has 0 fully saturated rings. The first-order valence-corrected chi connectivity index (χ1v) is 10.8. The molecular formula is C24H20Cl2N4O4. The van der Waals surface area contributed by atoms with Crippen LogP contribution >= 0.6 is 23.2 Å². The maximum absolute atomic E-state index is 12.2. The van der Waals surface area contributed by atoms with Gasteiger partial charge in [-0.2, -0.15) is 5.10 Å². The second-order valence-electron chi connectivity index (χ2n) is 7.00. The van der Waals surface area contributed by atoms with E-state index in [0.717, 1.165) is 5.56 Å². The van der Waals surface area contributed by atoms with E-state index >= 15 is 0 Å². The number of benzene rings is 3. The van der Waals surface area contributed by atoms with Gasteiger partial charge in [-0.1, -0.05) is 53.5 Å². The summed E-state index contributed by atoms with van der Waals surface area (Å²) in [6.45, 7) is 1.70. The summed E-state index contributed by atoms with van der Waals surface area (Å²) in [5.41, 5.74) is 4.50. The molecule has 0 aliphatic rings. The van der Waals surface area contributed by atoms with Crippen molar-refractivity contribution >= 4 is 58.5 Å². The number of halogens is 2. The number of para-hydroxylation sites is 1. The van der Waals surface area contributed by atoms with Gasteiger partial charge in [0.1, 0.15) is 5.75 Å². The molecule has 0 saturated carbocycles. The number of aryl methyl sites for hydroxylation is 1. The number of rotatable bonds is 7. The van der Waals surface area contributed by atoms with Gasteiger partial charge in [-0.25, -0.2) is 5.43 Å². The van der Waals surface area contributed by atoms with Crippen molar-refractivity contribution < 1.29 is 19.1 Å². The highest BCUT2D eigenvalue weighted by Crippen LogP contribution is 2.29. The molecule has 0 radical (unpaired) electrons. The number of nitrogens with zero attached hydrogens (tertiary/aromatic N) is 1. The van der Waals surface area contributed by atoms with Crippen molar-refractivity contribution in [2.24, 2.45) is 5.10 Å². The Balaban J connectivity index is 1.55. The average Bonchev–Trinajstić information content (AvgIpc) is 2.81. The summed E-state index contributed by atoms with van der Waals surface area (Å²) < 4.78 is 5.59. The molecule has 0 bridgehead atoms.